The van der Waals surface area contributed by atoms with Gasteiger partial charge in [-0.25, -0.2) is 13.2 Å². The van der Waals surface area contributed by atoms with E-state index in [0.717, 1.165) is 70.2 Å². The first-order valence-electron chi connectivity index (χ1n) is 33.1. The topological polar surface area (TPSA) is 340 Å². The third-order valence-electron chi connectivity index (χ3n) is 17.3. The van der Waals surface area contributed by atoms with Gasteiger partial charge in [0.1, 0.15) is 36.3 Å². The fraction of sp³-hybridized carbons (Fsp3) is 0.437. The van der Waals surface area contributed by atoms with Crippen molar-refractivity contribution in [2.75, 3.05) is 85.9 Å². The molecular formula is C71H90Cl4F3K2N13O11. The Kier molecular flexibility index (Phi) is 44.7. The number of carboxylic acids is 1. The Bertz CT molecular complexity index is 3910. The van der Waals surface area contributed by atoms with E-state index in [9.17, 15) is 46.7 Å². The molecule has 10 rings (SSSR count). The molecule has 9 N–H and O–H groups in total. The van der Waals surface area contributed by atoms with E-state index in [0.29, 0.717) is 52.3 Å². The molecule has 5 amide bonds. The van der Waals surface area contributed by atoms with Crippen LogP contribution in [0.3, 0.4) is 0 Å². The van der Waals surface area contributed by atoms with Crippen LogP contribution in [0.4, 0.5) is 13.2 Å². The zero-order valence-corrected chi connectivity index (χ0v) is 68.6. The molecule has 24 nitrogen and oxygen atoms in total. The number of ketones is 1. The molecule has 3 fully saturated rings. The first kappa shape index (κ1) is 93.2. The smallest absolute Gasteiger partial charge is 1.00 e. The molecule has 0 atom stereocenters. The van der Waals surface area contributed by atoms with Gasteiger partial charge in [-0.15, -0.1) is 11.6 Å². The van der Waals surface area contributed by atoms with Gasteiger partial charge in [-0.2, -0.15) is 10.2 Å². The van der Waals surface area contributed by atoms with Crippen molar-refractivity contribution in [1.82, 2.24) is 49.8 Å². The summed E-state index contributed by atoms with van der Waals surface area (Å²) in [5, 5.41) is 32.0. The van der Waals surface area contributed by atoms with Crippen molar-refractivity contribution in [2.24, 2.45) is 35.0 Å². The average Bonchev–Trinajstić information content (AvgIpc) is 1.65. The number of para-hydroxylation sites is 2. The second kappa shape index (κ2) is 49.9. The molecule has 33 heteroatoms. The first-order valence-corrected chi connectivity index (χ1v) is 34.8. The van der Waals surface area contributed by atoms with E-state index < -0.39 is 41.1 Å². The van der Waals surface area contributed by atoms with Crippen LogP contribution in [-0.2, 0) is 66.3 Å². The number of nitrogens with zero attached hydrogens (tertiary/aromatic N) is 8. The van der Waals surface area contributed by atoms with Gasteiger partial charge in [0, 0.05) is 54.4 Å². The second-order valence-corrected chi connectivity index (χ2v) is 26.4. The number of aromatic nitrogens is 4. The second-order valence-electron chi connectivity index (χ2n) is 24.9. The Hall–Kier alpha value is -4.98. The Morgan fingerprint density at radius 3 is 1.44 bits per heavy atom. The number of carbonyl (C=O) groups excluding carboxylic acids is 7. The Morgan fingerprint density at radius 1 is 0.615 bits per heavy atom. The predicted octanol–water partition coefficient (Wildman–Crippen LogP) is 2.30. The van der Waals surface area contributed by atoms with Crippen LogP contribution >= 0.6 is 46.4 Å². The van der Waals surface area contributed by atoms with E-state index in [1.54, 1.807) is 84.9 Å². The zero-order valence-electron chi connectivity index (χ0n) is 60.3. The normalized spacial score (nSPS) is 14.0. The SMILES string of the molecule is CN1CCC(CCCC(=O)NCc2cccc(Cl)c2F)CC1.CN1CCC(CN(CC(=O)NCc2cccc(Cl)c2F)C(=O)Cn2nc(C(N)=O)c3ccccc32)CC1.CN1CCC(CN)CC1.NC(=O)c1nn(CC(=O)O)c2ccccc12.O=C(CCl)CCc1cccc(Cl)c1F.O=CO[O-].[H-].[K+].[K+]. The van der Waals surface area contributed by atoms with E-state index in [-0.39, 0.29) is 211 Å². The van der Waals surface area contributed by atoms with E-state index in [2.05, 4.69) is 61.6 Å². The van der Waals surface area contributed by atoms with Crippen LogP contribution in [-0.4, -0.2) is 178 Å². The molecule has 0 saturated carbocycles. The quantitative estimate of drug-likeness (QED) is 0.0166. The van der Waals surface area contributed by atoms with E-state index in [1.165, 1.54) is 71.2 Å². The number of rotatable bonds is 24. The van der Waals surface area contributed by atoms with Gasteiger partial charge in [0.15, 0.2) is 11.4 Å². The van der Waals surface area contributed by atoms with Gasteiger partial charge in [-0.05, 0) is 178 Å². The van der Waals surface area contributed by atoms with Crippen LogP contribution in [0.15, 0.2) is 103 Å². The number of primary amides is 2. The molecule has 3 aliphatic rings. The fourth-order valence-corrected chi connectivity index (χ4v) is 12.1. The van der Waals surface area contributed by atoms with Gasteiger partial charge in [0.05, 0.1) is 38.5 Å². The standard InChI is InChI=1S/C26H30ClFN6O3.C17H24ClFN2O.C10H9Cl2FO.C10H9N3O3.C7H16N2.CH2O3.2K.H/c1-32-11-9-17(10-12-32)14-33(15-22(35)30-13-18-5-4-7-20(27)24(18)28)23(36)16-34-21-8-3-2-6-19(21)25(31-34)26(29)37;1-21-10-8-13(9-11-21)4-2-7-16(22)20-12-14-5-3-6-15(18)17(14)19;11-6-8(14)5-4-7-2-1-3-9(12)10(7)13;11-10(16)9-6-3-1-2-4-7(6)13(12-9)5-8(14)15;1-9-4-2-7(6-8)3-5-9;2-1-4-3;;;/h2-8,17H,9-16H2,1H3,(H2,29,37)(H,30,35);3,5-6,13H,2,4,7-12H2,1H3,(H,20,22);1-3H,4-6H2;1-4H,5H2,(H2,11,16)(H,14,15);7H,2-6,8H2,1H3;1,3H;;;/q;;;;;;2*+1;-1/p-1. The number of carboxylic acid groups (broad SMARTS) is 1. The molecule has 2 aromatic heterocycles. The first-order chi connectivity index (χ1) is 48.8. The molecule has 5 aromatic carbocycles. The van der Waals surface area contributed by atoms with Gasteiger partial charge in [0.2, 0.25) is 17.7 Å². The van der Waals surface area contributed by atoms with Crippen LogP contribution in [0.1, 0.15) is 103 Å². The Labute approximate surface area is 710 Å². The summed E-state index contributed by atoms with van der Waals surface area (Å²) in [4.78, 5) is 102. The number of nitrogens with one attached hydrogen (secondary N) is 2. The summed E-state index contributed by atoms with van der Waals surface area (Å²) in [7, 11) is 6.38. The molecule has 0 radical (unpaired) electrons. The summed E-state index contributed by atoms with van der Waals surface area (Å²) in [6.45, 7) is 7.24. The van der Waals surface area contributed by atoms with E-state index in [1.807, 2.05) is 0 Å². The largest absolute Gasteiger partial charge is 1.00 e. The monoisotopic (exact) mass is 1580 g/mol. The number of alkyl halides is 1. The molecule has 0 unspecified atom stereocenters. The minimum Gasteiger partial charge on any atom is -1.00 e. The molecule has 3 saturated heterocycles. The van der Waals surface area contributed by atoms with Gasteiger partial charge in [-0.3, -0.25) is 47.7 Å². The maximum Gasteiger partial charge on any atom is 1.00 e. The van der Waals surface area contributed by atoms with Crippen molar-refractivity contribution in [1.29, 1.82) is 0 Å². The molecule has 3 aliphatic heterocycles. The average molecular weight is 1580 g/mol. The zero-order chi connectivity index (χ0) is 74.8. The number of nitrogens with two attached hydrogens (primary N) is 3. The van der Waals surface area contributed by atoms with E-state index in [4.69, 9.17) is 78.8 Å². The Morgan fingerprint density at radius 2 is 1.02 bits per heavy atom. The maximum absolute atomic E-state index is 14.2. The van der Waals surface area contributed by atoms with Crippen molar-refractivity contribution < 1.29 is 171 Å². The summed E-state index contributed by atoms with van der Waals surface area (Å²) >= 11 is 22.4. The number of fused-ring (bicyclic) bond motifs is 2. The number of carbonyl (C=O) groups is 8. The molecule has 7 aromatic rings. The van der Waals surface area contributed by atoms with E-state index >= 15 is 0 Å². The van der Waals surface area contributed by atoms with Crippen LogP contribution < -0.4 is 136 Å². The van der Waals surface area contributed by atoms with Crippen LogP contribution in [0.25, 0.3) is 21.8 Å². The molecule has 0 aliphatic carbocycles. The minimum absolute atomic E-state index is 0. The molecule has 5 heterocycles. The predicted molar refractivity (Wildman–Crippen MR) is 385 cm³/mol. The molecule has 104 heavy (non-hydrogen) atoms. The van der Waals surface area contributed by atoms with Crippen LogP contribution in [0, 0.1) is 35.2 Å². The van der Waals surface area contributed by atoms with Gasteiger partial charge in [-0.1, -0.05) is 108 Å². The fourth-order valence-electron chi connectivity index (χ4n) is 11.4. The summed E-state index contributed by atoms with van der Waals surface area (Å²) in [6.07, 6.45) is 9.98. The van der Waals surface area contributed by atoms with Gasteiger partial charge < -0.3 is 64.1 Å². The number of aryl methyl sites for hydroxylation is 1. The number of Topliss-reactive ketones (excluding diaryl/α,β-unsaturated/α-hetero) is 1. The third kappa shape index (κ3) is 32.1. The number of amides is 5. The number of halogens is 7. The Balaban J connectivity index is 0.000000471. The minimum atomic E-state index is -1.02. The number of hydrogen-bond donors (Lipinski definition) is 6. The number of likely N-dealkylation sites (tertiary alicyclic amines) is 3. The van der Waals surface area contributed by atoms with Crippen molar-refractivity contribution in [3.05, 3.63) is 164 Å². The van der Waals surface area contributed by atoms with Crippen molar-refractivity contribution in [3.8, 4) is 0 Å². The van der Waals surface area contributed by atoms with Crippen molar-refractivity contribution >= 4 is 116 Å². The van der Waals surface area contributed by atoms with Crippen molar-refractivity contribution in [2.45, 2.75) is 96.8 Å². The number of aliphatic carboxylic acids is 1. The maximum atomic E-state index is 14.2. The van der Waals surface area contributed by atoms with Gasteiger partial charge >= 0.3 is 109 Å². The molecule has 0 bridgehead atoms. The van der Waals surface area contributed by atoms with Crippen molar-refractivity contribution in [3.63, 3.8) is 0 Å². The third-order valence-corrected chi connectivity index (χ3v) is 18.5. The van der Waals surface area contributed by atoms with Gasteiger partial charge in [0.25, 0.3) is 18.3 Å². The summed E-state index contributed by atoms with van der Waals surface area (Å²) < 4.78 is 43.9. The summed E-state index contributed by atoms with van der Waals surface area (Å²) in [5.41, 5.74) is 18.7. The molecule has 556 valence electrons. The summed E-state index contributed by atoms with van der Waals surface area (Å²) in [5.74, 6) is -2.92. The number of piperidine rings is 3. The molecule has 0 spiro atoms. The van der Waals surface area contributed by atoms with Crippen LogP contribution in [0.5, 0.6) is 0 Å². The number of hydrogen-bond acceptors (Lipinski definition) is 16. The molecular weight excluding hydrogens is 1490 g/mol. The summed E-state index contributed by atoms with van der Waals surface area (Å²) in [6, 6.07) is 28.1. The number of benzene rings is 5. The van der Waals surface area contributed by atoms with Crippen LogP contribution in [0.2, 0.25) is 15.1 Å².